The van der Waals surface area contributed by atoms with Crippen LogP contribution in [-0.2, 0) is 4.74 Å². The summed E-state index contributed by atoms with van der Waals surface area (Å²) in [7, 11) is 0. The van der Waals surface area contributed by atoms with Crippen molar-refractivity contribution in [2.75, 3.05) is 6.61 Å². The number of hydrogen-bond donors (Lipinski definition) is 1. The summed E-state index contributed by atoms with van der Waals surface area (Å²) in [4.78, 5) is 0. The van der Waals surface area contributed by atoms with E-state index >= 15 is 0 Å². The zero-order valence-corrected chi connectivity index (χ0v) is 10.1. The summed E-state index contributed by atoms with van der Waals surface area (Å²) in [6, 6.07) is 8.04. The Morgan fingerprint density at radius 2 is 2.19 bits per heavy atom. The lowest BCUT2D eigenvalue weighted by Crippen LogP contribution is -2.39. The van der Waals surface area contributed by atoms with Gasteiger partial charge in [0, 0.05) is 6.61 Å². The Bertz CT molecular complexity index is 354. The smallest absolute Gasteiger partial charge is 0.108 e. The molecule has 0 saturated carbocycles. The molecule has 1 aliphatic heterocycles. The monoisotopic (exact) mass is 220 g/mol. The van der Waals surface area contributed by atoms with Gasteiger partial charge in [-0.25, -0.2) is 0 Å². The molecule has 0 aliphatic carbocycles. The predicted octanol–water partition coefficient (Wildman–Crippen LogP) is 2.99. The maximum Gasteiger partial charge on any atom is 0.108 e. The average molecular weight is 220 g/mol. The van der Waals surface area contributed by atoms with Gasteiger partial charge < -0.3 is 9.84 Å². The van der Waals surface area contributed by atoms with Crippen molar-refractivity contribution in [2.45, 2.75) is 44.8 Å². The molecule has 0 spiro atoms. The summed E-state index contributed by atoms with van der Waals surface area (Å²) >= 11 is 0. The molecule has 88 valence electrons. The van der Waals surface area contributed by atoms with Crippen molar-refractivity contribution < 1.29 is 9.84 Å². The Morgan fingerprint density at radius 3 is 2.81 bits per heavy atom. The summed E-state index contributed by atoms with van der Waals surface area (Å²) in [6.07, 6.45) is 2.66. The van der Waals surface area contributed by atoms with Crippen molar-refractivity contribution >= 4 is 0 Å². The van der Waals surface area contributed by atoms with Crippen LogP contribution in [-0.4, -0.2) is 17.3 Å². The highest BCUT2D eigenvalue weighted by molar-refractivity contribution is 5.26. The Balaban J connectivity index is 2.20. The summed E-state index contributed by atoms with van der Waals surface area (Å²) in [5, 5.41) is 10.4. The van der Waals surface area contributed by atoms with Crippen LogP contribution in [0.5, 0.6) is 0 Å². The SMILES string of the molecule is Cc1cccc(C(O)C2(C)CCCCO2)c1. The molecule has 2 heteroatoms. The standard InChI is InChI=1S/C14H20O2/c1-11-6-5-7-12(10-11)13(15)14(2)8-3-4-9-16-14/h5-7,10,13,15H,3-4,8-9H2,1-2H3. The summed E-state index contributed by atoms with van der Waals surface area (Å²) in [5.74, 6) is 0. The molecule has 2 rings (SSSR count). The third-order valence-corrected chi connectivity index (χ3v) is 3.44. The van der Waals surface area contributed by atoms with Crippen LogP contribution in [0, 0.1) is 6.92 Å². The summed E-state index contributed by atoms with van der Waals surface area (Å²) < 4.78 is 5.77. The molecule has 2 unspecified atom stereocenters. The molecule has 0 radical (unpaired) electrons. The zero-order chi connectivity index (χ0) is 11.6. The molecule has 16 heavy (non-hydrogen) atoms. The van der Waals surface area contributed by atoms with Gasteiger partial charge in [-0.1, -0.05) is 29.8 Å². The van der Waals surface area contributed by atoms with Crippen LogP contribution in [0.2, 0.25) is 0 Å². The first-order chi connectivity index (χ1) is 7.62. The van der Waals surface area contributed by atoms with Crippen molar-refractivity contribution in [3.63, 3.8) is 0 Å². The molecule has 1 heterocycles. The highest BCUT2D eigenvalue weighted by Crippen LogP contribution is 2.36. The molecule has 2 atom stereocenters. The van der Waals surface area contributed by atoms with Crippen LogP contribution in [0.4, 0.5) is 0 Å². The largest absolute Gasteiger partial charge is 0.385 e. The number of rotatable bonds is 2. The summed E-state index contributed by atoms with van der Waals surface area (Å²) in [5.41, 5.74) is 1.73. The second-order valence-corrected chi connectivity index (χ2v) is 4.93. The lowest BCUT2D eigenvalue weighted by Gasteiger charge is -2.38. The molecule has 1 saturated heterocycles. The third-order valence-electron chi connectivity index (χ3n) is 3.44. The molecule has 1 aliphatic rings. The van der Waals surface area contributed by atoms with Gasteiger partial charge >= 0.3 is 0 Å². The van der Waals surface area contributed by atoms with Gasteiger partial charge in [0.1, 0.15) is 6.10 Å². The highest BCUT2D eigenvalue weighted by atomic mass is 16.5. The number of hydrogen-bond acceptors (Lipinski definition) is 2. The maximum atomic E-state index is 10.4. The topological polar surface area (TPSA) is 29.5 Å². The van der Waals surface area contributed by atoms with E-state index in [1.165, 1.54) is 5.56 Å². The molecule has 1 fully saturated rings. The minimum Gasteiger partial charge on any atom is -0.385 e. The molecular weight excluding hydrogens is 200 g/mol. The fourth-order valence-electron chi connectivity index (χ4n) is 2.36. The minimum absolute atomic E-state index is 0.411. The lowest BCUT2D eigenvalue weighted by atomic mass is 9.86. The Labute approximate surface area is 97.3 Å². The van der Waals surface area contributed by atoms with Gasteiger partial charge in [0.25, 0.3) is 0 Å². The Morgan fingerprint density at radius 1 is 1.38 bits per heavy atom. The number of ether oxygens (including phenoxy) is 1. The van der Waals surface area contributed by atoms with Crippen molar-refractivity contribution in [3.05, 3.63) is 35.4 Å². The molecule has 0 bridgehead atoms. The van der Waals surface area contributed by atoms with Gasteiger partial charge in [-0.15, -0.1) is 0 Å². The molecule has 1 aromatic rings. The van der Waals surface area contributed by atoms with E-state index in [0.717, 1.165) is 31.4 Å². The first kappa shape index (κ1) is 11.6. The van der Waals surface area contributed by atoms with E-state index in [1.807, 2.05) is 38.1 Å². The van der Waals surface area contributed by atoms with Gasteiger partial charge in [0.15, 0.2) is 0 Å². The lowest BCUT2D eigenvalue weighted by molar-refractivity contribution is -0.138. The average Bonchev–Trinajstić information content (AvgIpc) is 2.29. The quantitative estimate of drug-likeness (QED) is 0.830. The number of aryl methyl sites for hydroxylation is 1. The Hall–Kier alpha value is -0.860. The normalized spacial score (nSPS) is 27.7. The van der Waals surface area contributed by atoms with Gasteiger partial charge in [0.05, 0.1) is 5.60 Å². The third kappa shape index (κ3) is 2.28. The van der Waals surface area contributed by atoms with Crippen molar-refractivity contribution in [2.24, 2.45) is 0 Å². The van der Waals surface area contributed by atoms with Crippen molar-refractivity contribution in [3.8, 4) is 0 Å². The maximum absolute atomic E-state index is 10.4. The van der Waals surface area contributed by atoms with Crippen LogP contribution in [0.1, 0.15) is 43.4 Å². The zero-order valence-electron chi connectivity index (χ0n) is 10.1. The highest BCUT2D eigenvalue weighted by Gasteiger charge is 2.36. The van der Waals surface area contributed by atoms with Crippen LogP contribution < -0.4 is 0 Å². The van der Waals surface area contributed by atoms with Gasteiger partial charge in [-0.3, -0.25) is 0 Å². The molecular formula is C14H20O2. The molecule has 0 aromatic heterocycles. The summed E-state index contributed by atoms with van der Waals surface area (Å²) in [6.45, 7) is 4.82. The second-order valence-electron chi connectivity index (χ2n) is 4.93. The Kier molecular flexibility index (Phi) is 3.31. The van der Waals surface area contributed by atoms with Gasteiger partial charge in [0.2, 0.25) is 0 Å². The second kappa shape index (κ2) is 4.56. The van der Waals surface area contributed by atoms with Crippen molar-refractivity contribution in [1.82, 2.24) is 0 Å². The number of benzene rings is 1. The van der Waals surface area contributed by atoms with E-state index < -0.39 is 11.7 Å². The fraction of sp³-hybridized carbons (Fsp3) is 0.571. The van der Waals surface area contributed by atoms with E-state index in [4.69, 9.17) is 4.74 Å². The van der Waals surface area contributed by atoms with Gasteiger partial charge in [-0.05, 0) is 38.7 Å². The van der Waals surface area contributed by atoms with E-state index in [1.54, 1.807) is 0 Å². The van der Waals surface area contributed by atoms with Crippen LogP contribution >= 0.6 is 0 Å². The van der Waals surface area contributed by atoms with Gasteiger partial charge in [-0.2, -0.15) is 0 Å². The number of aliphatic hydroxyl groups excluding tert-OH is 1. The fourth-order valence-corrected chi connectivity index (χ4v) is 2.36. The minimum atomic E-state index is -0.521. The van der Waals surface area contributed by atoms with E-state index in [9.17, 15) is 5.11 Å². The number of aliphatic hydroxyl groups is 1. The predicted molar refractivity (Wildman–Crippen MR) is 64.3 cm³/mol. The van der Waals surface area contributed by atoms with E-state index in [2.05, 4.69) is 0 Å². The first-order valence-corrected chi connectivity index (χ1v) is 6.00. The first-order valence-electron chi connectivity index (χ1n) is 6.00. The molecule has 1 aromatic carbocycles. The van der Waals surface area contributed by atoms with E-state index in [0.29, 0.717) is 0 Å². The van der Waals surface area contributed by atoms with E-state index in [-0.39, 0.29) is 0 Å². The molecule has 1 N–H and O–H groups in total. The molecule has 2 nitrogen and oxygen atoms in total. The van der Waals surface area contributed by atoms with Crippen LogP contribution in [0.3, 0.4) is 0 Å². The van der Waals surface area contributed by atoms with Crippen molar-refractivity contribution in [1.29, 1.82) is 0 Å². The molecule has 0 amide bonds. The van der Waals surface area contributed by atoms with Crippen LogP contribution in [0.15, 0.2) is 24.3 Å². The van der Waals surface area contributed by atoms with Crippen LogP contribution in [0.25, 0.3) is 0 Å².